The molecule has 5 heteroatoms. The molecule has 0 radical (unpaired) electrons. The molecule has 1 rings (SSSR count). The van der Waals surface area contributed by atoms with E-state index in [1.165, 1.54) is 0 Å². The number of hydrogen-bond donors (Lipinski definition) is 3. The molecule has 1 aromatic rings. The van der Waals surface area contributed by atoms with Gasteiger partial charge in [0.2, 0.25) is 0 Å². The van der Waals surface area contributed by atoms with Gasteiger partial charge in [0, 0.05) is 6.54 Å². The maximum atomic E-state index is 9.77. The normalized spacial score (nSPS) is 13.8. The summed E-state index contributed by atoms with van der Waals surface area (Å²) in [5.41, 5.74) is 5.45. The van der Waals surface area contributed by atoms with Crippen LogP contribution in [0.1, 0.15) is 31.7 Å². The van der Waals surface area contributed by atoms with Crippen LogP contribution in [0, 0.1) is 0 Å². The molecule has 0 amide bonds. The maximum absolute atomic E-state index is 9.77. The largest absolute Gasteiger partial charge is 0.493 e. The lowest BCUT2D eigenvalue weighted by Crippen LogP contribution is -2.33. The van der Waals surface area contributed by atoms with E-state index in [0.29, 0.717) is 24.5 Å². The molecule has 1 aromatic carbocycles. The molecule has 0 fully saturated rings. The lowest BCUT2D eigenvalue weighted by Gasteiger charge is -2.20. The SMILES string of the molecule is COc1cc(CO)ccc1OCCCCC(C)(O)CN. The molecular formula is C15H25NO4. The van der Waals surface area contributed by atoms with Crippen molar-refractivity contribution in [1.82, 2.24) is 0 Å². The number of nitrogens with two attached hydrogens (primary N) is 1. The highest BCUT2D eigenvalue weighted by atomic mass is 16.5. The molecule has 0 saturated heterocycles. The number of aliphatic hydroxyl groups is 2. The lowest BCUT2D eigenvalue weighted by atomic mass is 10.00. The van der Waals surface area contributed by atoms with E-state index in [4.69, 9.17) is 20.3 Å². The Balaban J connectivity index is 2.39. The minimum atomic E-state index is -0.791. The molecule has 0 aliphatic rings. The number of aliphatic hydroxyl groups excluding tert-OH is 1. The van der Waals surface area contributed by atoms with E-state index in [1.807, 2.05) is 0 Å². The van der Waals surface area contributed by atoms with Crippen molar-refractivity contribution in [2.75, 3.05) is 20.3 Å². The van der Waals surface area contributed by atoms with Crippen LogP contribution in [0.3, 0.4) is 0 Å². The standard InChI is InChI=1S/C15H25NO4/c1-15(18,11-16)7-3-4-8-20-13-6-5-12(10-17)9-14(13)19-2/h5-6,9,17-18H,3-4,7-8,10-11,16H2,1-2H3. The molecule has 0 aliphatic heterocycles. The lowest BCUT2D eigenvalue weighted by molar-refractivity contribution is 0.0561. The Morgan fingerprint density at radius 1 is 1.25 bits per heavy atom. The highest BCUT2D eigenvalue weighted by Crippen LogP contribution is 2.28. The molecule has 1 unspecified atom stereocenters. The Hall–Kier alpha value is -1.30. The Kier molecular flexibility index (Phi) is 6.78. The molecule has 5 nitrogen and oxygen atoms in total. The molecule has 0 aromatic heterocycles. The maximum Gasteiger partial charge on any atom is 0.161 e. The summed E-state index contributed by atoms with van der Waals surface area (Å²) in [6, 6.07) is 5.35. The number of methoxy groups -OCH3 is 1. The van der Waals surface area contributed by atoms with Crippen LogP contribution < -0.4 is 15.2 Å². The van der Waals surface area contributed by atoms with Crippen LogP contribution in [0.25, 0.3) is 0 Å². The summed E-state index contributed by atoms with van der Waals surface area (Å²) in [4.78, 5) is 0. The molecule has 20 heavy (non-hydrogen) atoms. The van der Waals surface area contributed by atoms with E-state index >= 15 is 0 Å². The molecule has 0 aliphatic carbocycles. The van der Waals surface area contributed by atoms with Gasteiger partial charge in [0.1, 0.15) is 0 Å². The third-order valence-corrected chi connectivity index (χ3v) is 3.22. The fourth-order valence-electron chi connectivity index (χ4n) is 1.82. The Morgan fingerprint density at radius 3 is 2.60 bits per heavy atom. The van der Waals surface area contributed by atoms with Gasteiger partial charge in [0.15, 0.2) is 11.5 Å². The van der Waals surface area contributed by atoms with E-state index in [2.05, 4.69) is 0 Å². The number of rotatable bonds is 9. The fraction of sp³-hybridized carbons (Fsp3) is 0.600. The van der Waals surface area contributed by atoms with Gasteiger partial charge < -0.3 is 25.4 Å². The predicted molar refractivity (Wildman–Crippen MR) is 77.9 cm³/mol. The zero-order valence-electron chi connectivity index (χ0n) is 12.3. The fourth-order valence-corrected chi connectivity index (χ4v) is 1.82. The first-order chi connectivity index (χ1) is 9.52. The van der Waals surface area contributed by atoms with Crippen molar-refractivity contribution in [3.05, 3.63) is 23.8 Å². The van der Waals surface area contributed by atoms with Crippen molar-refractivity contribution in [3.63, 3.8) is 0 Å². The van der Waals surface area contributed by atoms with Gasteiger partial charge in [-0.2, -0.15) is 0 Å². The van der Waals surface area contributed by atoms with E-state index < -0.39 is 5.60 Å². The van der Waals surface area contributed by atoms with Crippen LogP contribution in [0.4, 0.5) is 0 Å². The topological polar surface area (TPSA) is 84.9 Å². The molecule has 0 saturated carbocycles. The molecule has 0 heterocycles. The summed E-state index contributed by atoms with van der Waals surface area (Å²) < 4.78 is 10.9. The summed E-state index contributed by atoms with van der Waals surface area (Å²) in [5, 5.41) is 18.8. The molecule has 4 N–H and O–H groups in total. The van der Waals surface area contributed by atoms with Gasteiger partial charge in [-0.15, -0.1) is 0 Å². The van der Waals surface area contributed by atoms with Crippen molar-refractivity contribution in [2.24, 2.45) is 5.73 Å². The van der Waals surface area contributed by atoms with E-state index in [9.17, 15) is 5.11 Å². The number of hydrogen-bond acceptors (Lipinski definition) is 5. The Bertz CT molecular complexity index is 407. The minimum absolute atomic E-state index is 0.0230. The Morgan fingerprint density at radius 2 is 2.00 bits per heavy atom. The number of ether oxygens (including phenoxy) is 2. The minimum Gasteiger partial charge on any atom is -0.493 e. The van der Waals surface area contributed by atoms with Gasteiger partial charge >= 0.3 is 0 Å². The number of benzene rings is 1. The van der Waals surface area contributed by atoms with Gasteiger partial charge in [-0.25, -0.2) is 0 Å². The molecule has 1 atom stereocenters. The quantitative estimate of drug-likeness (QED) is 0.597. The van der Waals surface area contributed by atoms with E-state index in [1.54, 1.807) is 32.2 Å². The Labute approximate surface area is 120 Å². The van der Waals surface area contributed by atoms with Crippen molar-refractivity contribution in [2.45, 2.75) is 38.4 Å². The zero-order chi connectivity index (χ0) is 15.0. The van der Waals surface area contributed by atoms with Crippen molar-refractivity contribution in [1.29, 1.82) is 0 Å². The predicted octanol–water partition coefficient (Wildman–Crippen LogP) is 1.45. The highest BCUT2D eigenvalue weighted by Gasteiger charge is 2.16. The second-order valence-corrected chi connectivity index (χ2v) is 5.15. The van der Waals surface area contributed by atoms with Gasteiger partial charge in [-0.3, -0.25) is 0 Å². The van der Waals surface area contributed by atoms with Crippen LogP contribution in [0.2, 0.25) is 0 Å². The summed E-state index contributed by atoms with van der Waals surface area (Å²) in [6.07, 6.45) is 2.34. The first-order valence-corrected chi connectivity index (χ1v) is 6.85. The average molecular weight is 283 g/mol. The van der Waals surface area contributed by atoms with Crippen LogP contribution in [-0.2, 0) is 6.61 Å². The average Bonchev–Trinajstić information content (AvgIpc) is 2.46. The van der Waals surface area contributed by atoms with Crippen molar-refractivity contribution < 1.29 is 19.7 Å². The molecule has 0 bridgehead atoms. The summed E-state index contributed by atoms with van der Waals surface area (Å²) in [7, 11) is 1.57. The van der Waals surface area contributed by atoms with Crippen LogP contribution in [-0.4, -0.2) is 36.1 Å². The second kappa shape index (κ2) is 8.09. The van der Waals surface area contributed by atoms with Gasteiger partial charge in [-0.1, -0.05) is 6.07 Å². The molecular weight excluding hydrogens is 258 g/mol. The first kappa shape index (κ1) is 16.8. The monoisotopic (exact) mass is 283 g/mol. The third kappa shape index (κ3) is 5.36. The van der Waals surface area contributed by atoms with Crippen molar-refractivity contribution in [3.8, 4) is 11.5 Å². The second-order valence-electron chi connectivity index (χ2n) is 5.15. The third-order valence-electron chi connectivity index (χ3n) is 3.22. The van der Waals surface area contributed by atoms with Crippen LogP contribution >= 0.6 is 0 Å². The van der Waals surface area contributed by atoms with E-state index in [-0.39, 0.29) is 13.2 Å². The van der Waals surface area contributed by atoms with Crippen LogP contribution in [0.5, 0.6) is 11.5 Å². The van der Waals surface area contributed by atoms with Crippen LogP contribution in [0.15, 0.2) is 18.2 Å². The summed E-state index contributed by atoms with van der Waals surface area (Å²) in [5.74, 6) is 1.28. The molecule has 114 valence electrons. The number of unbranched alkanes of at least 4 members (excludes halogenated alkanes) is 1. The first-order valence-electron chi connectivity index (χ1n) is 6.85. The smallest absolute Gasteiger partial charge is 0.161 e. The highest BCUT2D eigenvalue weighted by molar-refractivity contribution is 5.42. The zero-order valence-corrected chi connectivity index (χ0v) is 12.3. The van der Waals surface area contributed by atoms with Crippen molar-refractivity contribution >= 4 is 0 Å². The summed E-state index contributed by atoms with van der Waals surface area (Å²) in [6.45, 7) is 2.54. The van der Waals surface area contributed by atoms with Gasteiger partial charge in [0.05, 0.1) is 25.9 Å². The van der Waals surface area contributed by atoms with Gasteiger partial charge in [-0.05, 0) is 43.9 Å². The molecule has 0 spiro atoms. The van der Waals surface area contributed by atoms with Gasteiger partial charge in [0.25, 0.3) is 0 Å². The summed E-state index contributed by atoms with van der Waals surface area (Å²) >= 11 is 0. The van der Waals surface area contributed by atoms with E-state index in [0.717, 1.165) is 18.4 Å².